The van der Waals surface area contributed by atoms with E-state index in [-0.39, 0.29) is 17.2 Å². The van der Waals surface area contributed by atoms with Gasteiger partial charge in [0.25, 0.3) is 0 Å². The Kier molecular flexibility index (Phi) is 4.18. The van der Waals surface area contributed by atoms with E-state index in [1.165, 1.54) is 0 Å². The van der Waals surface area contributed by atoms with Gasteiger partial charge in [-0.25, -0.2) is 14.8 Å². The largest absolute Gasteiger partial charge is 0.504 e. The van der Waals surface area contributed by atoms with E-state index in [9.17, 15) is 15.0 Å². The maximum atomic E-state index is 11.6. The quantitative estimate of drug-likeness (QED) is 0.635. The molecule has 0 radical (unpaired) electrons. The van der Waals surface area contributed by atoms with Gasteiger partial charge in [-0.15, -0.1) is 0 Å². The second-order valence-electron chi connectivity index (χ2n) is 5.90. The second-order valence-corrected chi connectivity index (χ2v) is 5.90. The monoisotopic (exact) mass is 361 g/mol. The number of aromatic carboxylic acids is 1. The molecule has 0 spiro atoms. The molecule has 3 N–H and O–H groups in total. The third kappa shape index (κ3) is 3.18. The molecule has 4 rings (SSSR count). The van der Waals surface area contributed by atoms with Crippen molar-refractivity contribution in [1.82, 2.24) is 4.98 Å². The number of fused-ring (bicyclic) bond motifs is 1. The molecule has 27 heavy (non-hydrogen) atoms. The van der Waals surface area contributed by atoms with Crippen molar-refractivity contribution in [1.29, 1.82) is 0 Å². The molecule has 0 saturated heterocycles. The zero-order valence-corrected chi connectivity index (χ0v) is 14.1. The molecular formula is C20H15N3O4. The van der Waals surface area contributed by atoms with Crippen molar-refractivity contribution in [3.05, 3.63) is 71.1 Å². The molecule has 7 nitrogen and oxygen atoms in total. The van der Waals surface area contributed by atoms with Crippen LogP contribution in [0.5, 0.6) is 5.75 Å². The van der Waals surface area contributed by atoms with Crippen molar-refractivity contribution in [2.45, 2.75) is 6.54 Å². The van der Waals surface area contributed by atoms with Gasteiger partial charge in [0.05, 0.1) is 0 Å². The topological polar surface area (TPSA) is 108 Å². The number of carbonyl (C=O) groups is 1. The summed E-state index contributed by atoms with van der Waals surface area (Å²) in [4.78, 5) is 19.9. The molecule has 7 heteroatoms. The predicted molar refractivity (Wildman–Crippen MR) is 101 cm³/mol. The second kappa shape index (κ2) is 6.80. The van der Waals surface area contributed by atoms with Crippen molar-refractivity contribution in [2.24, 2.45) is 4.99 Å². The molecule has 2 aromatic heterocycles. The van der Waals surface area contributed by atoms with Crippen LogP contribution in [0.25, 0.3) is 11.6 Å². The number of carboxylic acid groups (broad SMARTS) is 1. The summed E-state index contributed by atoms with van der Waals surface area (Å²) >= 11 is 0. The van der Waals surface area contributed by atoms with Gasteiger partial charge < -0.3 is 19.9 Å². The van der Waals surface area contributed by atoms with E-state index in [0.29, 0.717) is 17.9 Å². The van der Waals surface area contributed by atoms with Crippen molar-refractivity contribution < 1.29 is 19.4 Å². The standard InChI is InChI=1S/C20H15N3O4/c24-17-15(9-13-11-22-18-14(13)7-4-8-21-18)27-19(16(17)20(25)26)23-10-12-5-2-1-3-6-12/h1-9,11,23-24H,10H2,(H,25,26)/b13-9+. The zero-order valence-electron chi connectivity index (χ0n) is 14.1. The Hall–Kier alpha value is -3.87. The molecule has 1 aliphatic rings. The Morgan fingerprint density at radius 1 is 1.19 bits per heavy atom. The molecule has 1 aromatic carbocycles. The van der Waals surface area contributed by atoms with Crippen LogP contribution in [-0.4, -0.2) is 27.4 Å². The lowest BCUT2D eigenvalue weighted by Gasteiger charge is -2.04. The van der Waals surface area contributed by atoms with Gasteiger partial charge in [-0.2, -0.15) is 0 Å². The molecule has 0 bridgehead atoms. The molecule has 0 saturated carbocycles. The highest BCUT2D eigenvalue weighted by Gasteiger charge is 2.25. The Labute approximate surface area is 154 Å². The molecule has 1 aliphatic heterocycles. The van der Waals surface area contributed by atoms with Crippen LogP contribution >= 0.6 is 0 Å². The summed E-state index contributed by atoms with van der Waals surface area (Å²) < 4.78 is 5.61. The molecule has 0 unspecified atom stereocenters. The van der Waals surface area contributed by atoms with Crippen LogP contribution < -0.4 is 5.32 Å². The van der Waals surface area contributed by atoms with E-state index in [4.69, 9.17) is 4.42 Å². The number of hydrogen-bond acceptors (Lipinski definition) is 6. The molecule has 3 heterocycles. The van der Waals surface area contributed by atoms with E-state index >= 15 is 0 Å². The molecule has 0 fully saturated rings. The number of aliphatic imine (C=N–C) groups is 1. The van der Waals surface area contributed by atoms with E-state index in [2.05, 4.69) is 15.3 Å². The Morgan fingerprint density at radius 3 is 2.78 bits per heavy atom. The Balaban J connectivity index is 1.68. The minimum atomic E-state index is -1.28. The fourth-order valence-corrected chi connectivity index (χ4v) is 2.82. The first-order chi connectivity index (χ1) is 13.1. The zero-order chi connectivity index (χ0) is 18.8. The van der Waals surface area contributed by atoms with Crippen LogP contribution in [-0.2, 0) is 6.54 Å². The van der Waals surface area contributed by atoms with Crippen LogP contribution in [0.1, 0.15) is 27.2 Å². The van der Waals surface area contributed by atoms with Crippen LogP contribution in [0.4, 0.5) is 11.7 Å². The van der Waals surface area contributed by atoms with Crippen molar-refractivity contribution in [2.75, 3.05) is 5.32 Å². The number of pyridine rings is 1. The SMILES string of the molecule is O=C(O)c1c(NCc2ccccc2)oc(/C=C2\C=Nc3ncccc32)c1O. The van der Waals surface area contributed by atoms with Crippen LogP contribution in [0.3, 0.4) is 0 Å². The van der Waals surface area contributed by atoms with Crippen molar-refractivity contribution in [3.8, 4) is 5.75 Å². The van der Waals surface area contributed by atoms with E-state index in [1.54, 1.807) is 24.6 Å². The first-order valence-corrected chi connectivity index (χ1v) is 8.21. The number of anilines is 1. The summed E-state index contributed by atoms with van der Waals surface area (Å²) in [5, 5.41) is 22.8. The van der Waals surface area contributed by atoms with Gasteiger partial charge in [0, 0.05) is 30.1 Å². The summed E-state index contributed by atoms with van der Waals surface area (Å²) in [6.07, 6.45) is 4.78. The minimum absolute atomic E-state index is 0.00273. The number of aromatic nitrogens is 1. The highest BCUT2D eigenvalue weighted by Crippen LogP contribution is 2.38. The number of aromatic hydroxyl groups is 1. The summed E-state index contributed by atoms with van der Waals surface area (Å²) in [5.74, 6) is -1.11. The number of allylic oxidation sites excluding steroid dienone is 1. The van der Waals surface area contributed by atoms with Crippen molar-refractivity contribution >= 4 is 35.5 Å². The first kappa shape index (κ1) is 16.6. The lowest BCUT2D eigenvalue weighted by atomic mass is 10.1. The fraction of sp³-hybridized carbons (Fsp3) is 0.0500. The van der Waals surface area contributed by atoms with E-state index < -0.39 is 11.7 Å². The third-order valence-corrected chi connectivity index (χ3v) is 4.13. The summed E-state index contributed by atoms with van der Waals surface area (Å²) in [6, 6.07) is 13.1. The average molecular weight is 361 g/mol. The van der Waals surface area contributed by atoms with Gasteiger partial charge in [0.15, 0.2) is 22.9 Å². The molecule has 3 aromatic rings. The minimum Gasteiger partial charge on any atom is -0.504 e. The molecular weight excluding hydrogens is 346 g/mol. The number of nitrogens with zero attached hydrogens (tertiary/aromatic N) is 2. The predicted octanol–water partition coefficient (Wildman–Crippen LogP) is 3.95. The summed E-state index contributed by atoms with van der Waals surface area (Å²) in [6.45, 7) is 0.359. The maximum Gasteiger partial charge on any atom is 0.345 e. The van der Waals surface area contributed by atoms with Gasteiger partial charge >= 0.3 is 5.97 Å². The maximum absolute atomic E-state index is 11.6. The first-order valence-electron chi connectivity index (χ1n) is 8.21. The van der Waals surface area contributed by atoms with Crippen LogP contribution in [0, 0.1) is 0 Å². The average Bonchev–Trinajstić information content (AvgIpc) is 3.22. The van der Waals surface area contributed by atoms with Gasteiger partial charge in [-0.1, -0.05) is 30.3 Å². The van der Waals surface area contributed by atoms with Crippen LogP contribution in [0.2, 0.25) is 0 Å². The highest BCUT2D eigenvalue weighted by atomic mass is 16.4. The number of hydrogen-bond donors (Lipinski definition) is 3. The van der Waals surface area contributed by atoms with E-state index in [0.717, 1.165) is 11.1 Å². The molecule has 0 aliphatic carbocycles. The smallest absolute Gasteiger partial charge is 0.345 e. The molecule has 134 valence electrons. The van der Waals surface area contributed by atoms with Crippen LogP contribution in [0.15, 0.2) is 58.1 Å². The highest BCUT2D eigenvalue weighted by molar-refractivity contribution is 6.21. The summed E-state index contributed by atoms with van der Waals surface area (Å²) in [5.41, 5.74) is 2.10. The normalized spacial score (nSPS) is 13.7. The van der Waals surface area contributed by atoms with Gasteiger partial charge in [0.1, 0.15) is 0 Å². The number of benzene rings is 1. The number of rotatable bonds is 5. The lowest BCUT2D eigenvalue weighted by Crippen LogP contribution is -2.04. The van der Waals surface area contributed by atoms with Gasteiger partial charge in [-0.3, -0.25) is 0 Å². The fourth-order valence-electron chi connectivity index (χ4n) is 2.82. The lowest BCUT2D eigenvalue weighted by molar-refractivity contribution is 0.0694. The summed E-state index contributed by atoms with van der Waals surface area (Å²) in [7, 11) is 0. The van der Waals surface area contributed by atoms with E-state index in [1.807, 2.05) is 36.4 Å². The number of carboxylic acids is 1. The Bertz CT molecular complexity index is 1070. The third-order valence-electron chi connectivity index (χ3n) is 4.13. The van der Waals surface area contributed by atoms with Gasteiger partial charge in [-0.05, 0) is 23.8 Å². The van der Waals surface area contributed by atoms with Gasteiger partial charge in [0.2, 0.25) is 5.88 Å². The van der Waals surface area contributed by atoms with Crippen molar-refractivity contribution in [3.63, 3.8) is 0 Å². The number of furan rings is 1. The molecule has 0 amide bonds. The molecule has 0 atom stereocenters. The number of nitrogens with one attached hydrogen (secondary N) is 1. The Morgan fingerprint density at radius 2 is 2.00 bits per heavy atom.